The van der Waals surface area contributed by atoms with Crippen LogP contribution in [0.2, 0.25) is 0 Å². The first-order chi connectivity index (χ1) is 7.27. The molecule has 0 amide bonds. The molecule has 15 heavy (non-hydrogen) atoms. The van der Waals surface area contributed by atoms with Gasteiger partial charge in [0.05, 0.1) is 12.2 Å². The van der Waals surface area contributed by atoms with Gasteiger partial charge in [-0.15, -0.1) is 0 Å². The Morgan fingerprint density at radius 2 is 2.27 bits per heavy atom. The van der Waals surface area contributed by atoms with Crippen molar-refractivity contribution < 1.29 is 4.39 Å². The third-order valence-electron chi connectivity index (χ3n) is 2.49. The summed E-state index contributed by atoms with van der Waals surface area (Å²) in [5.74, 6) is 0.298. The molecule has 0 radical (unpaired) electrons. The quantitative estimate of drug-likeness (QED) is 0.664. The summed E-state index contributed by atoms with van der Waals surface area (Å²) in [6, 6.07) is 4.87. The summed E-state index contributed by atoms with van der Waals surface area (Å²) in [5.41, 5.74) is 1.05. The number of anilines is 1. The maximum absolute atomic E-state index is 13.5. The van der Waals surface area contributed by atoms with Crippen LogP contribution in [0.25, 0.3) is 0 Å². The van der Waals surface area contributed by atoms with Gasteiger partial charge in [-0.1, -0.05) is 17.7 Å². The van der Waals surface area contributed by atoms with Gasteiger partial charge >= 0.3 is 0 Å². The van der Waals surface area contributed by atoms with Crippen molar-refractivity contribution in [3.63, 3.8) is 0 Å². The molecule has 0 fully saturated rings. The molecule has 3 rings (SSSR count). The number of halogens is 2. The topological polar surface area (TPSA) is 28.0 Å². The molecule has 0 saturated carbocycles. The number of hydrogen-bond donors (Lipinski definition) is 0. The first kappa shape index (κ1) is 8.85. The molecule has 0 bridgehead atoms. The molecular weight excluding hydrogens is 217 g/mol. The van der Waals surface area contributed by atoms with Crippen LogP contribution < -0.4 is 4.90 Å². The van der Waals surface area contributed by atoms with E-state index in [-0.39, 0.29) is 11.0 Å². The molecule has 2 aliphatic heterocycles. The van der Waals surface area contributed by atoms with E-state index in [1.54, 1.807) is 6.07 Å². The Kier molecular flexibility index (Phi) is 1.79. The van der Waals surface area contributed by atoms with Crippen LogP contribution in [0.1, 0.15) is 0 Å². The van der Waals surface area contributed by atoms with Crippen LogP contribution in [0.5, 0.6) is 0 Å². The van der Waals surface area contributed by atoms with Crippen molar-refractivity contribution in [2.75, 3.05) is 18.0 Å². The number of para-hydroxylation sites is 1. The summed E-state index contributed by atoms with van der Waals surface area (Å²) >= 11 is 5.93. The van der Waals surface area contributed by atoms with E-state index in [4.69, 9.17) is 11.6 Å². The fourth-order valence-electron chi connectivity index (χ4n) is 1.84. The highest BCUT2D eigenvalue weighted by atomic mass is 35.5. The SMILES string of the molecule is Fc1cccc2c1N=C(Cl)C1=NCCN12. The molecule has 0 unspecified atom stereocenters. The van der Waals surface area contributed by atoms with Gasteiger partial charge in [-0.25, -0.2) is 9.38 Å². The summed E-state index contributed by atoms with van der Waals surface area (Å²) in [7, 11) is 0. The largest absolute Gasteiger partial charge is 0.320 e. The highest BCUT2D eigenvalue weighted by molar-refractivity contribution is 6.85. The van der Waals surface area contributed by atoms with E-state index in [0.717, 1.165) is 12.2 Å². The number of rotatable bonds is 0. The minimum atomic E-state index is -0.350. The van der Waals surface area contributed by atoms with Crippen molar-refractivity contribution in [2.24, 2.45) is 9.98 Å². The van der Waals surface area contributed by atoms with Crippen molar-refractivity contribution in [1.82, 2.24) is 0 Å². The molecule has 5 heteroatoms. The first-order valence-electron chi connectivity index (χ1n) is 4.62. The fraction of sp³-hybridized carbons (Fsp3) is 0.200. The Balaban J connectivity index is 2.27. The summed E-state index contributed by atoms with van der Waals surface area (Å²) in [5, 5.41) is 0.269. The number of fused-ring (bicyclic) bond motifs is 3. The second-order valence-corrected chi connectivity index (χ2v) is 3.73. The fourth-order valence-corrected chi connectivity index (χ4v) is 2.09. The highest BCUT2D eigenvalue weighted by Gasteiger charge is 2.29. The van der Waals surface area contributed by atoms with Crippen molar-refractivity contribution in [2.45, 2.75) is 0 Å². The molecule has 2 aliphatic rings. The molecule has 0 N–H and O–H groups in total. The maximum atomic E-state index is 13.5. The third-order valence-corrected chi connectivity index (χ3v) is 2.75. The standard InChI is InChI=1S/C10H7ClFN3/c11-9-10-13-4-5-15(10)7-3-1-2-6(12)8(7)14-9/h1-3H,4-5H2. The molecule has 76 valence electrons. The third kappa shape index (κ3) is 1.18. The number of aliphatic imine (C=N–C) groups is 2. The molecule has 0 atom stereocenters. The van der Waals surface area contributed by atoms with E-state index in [1.807, 2.05) is 11.0 Å². The van der Waals surface area contributed by atoms with E-state index >= 15 is 0 Å². The van der Waals surface area contributed by atoms with E-state index in [1.165, 1.54) is 6.07 Å². The van der Waals surface area contributed by atoms with Crippen LogP contribution in [-0.4, -0.2) is 24.1 Å². The molecule has 0 spiro atoms. The Morgan fingerprint density at radius 1 is 1.40 bits per heavy atom. The monoisotopic (exact) mass is 223 g/mol. The zero-order valence-electron chi connectivity index (χ0n) is 7.74. The molecule has 0 aromatic heterocycles. The van der Waals surface area contributed by atoms with Crippen LogP contribution in [0.4, 0.5) is 15.8 Å². The second kappa shape index (κ2) is 3.03. The van der Waals surface area contributed by atoms with Crippen LogP contribution in [0.15, 0.2) is 28.2 Å². The van der Waals surface area contributed by atoms with Crippen molar-refractivity contribution >= 4 is 34.0 Å². The predicted molar refractivity (Wildman–Crippen MR) is 59.0 cm³/mol. The van der Waals surface area contributed by atoms with Gasteiger partial charge in [-0.2, -0.15) is 0 Å². The van der Waals surface area contributed by atoms with Gasteiger partial charge in [0.25, 0.3) is 0 Å². The smallest absolute Gasteiger partial charge is 0.172 e. The average molecular weight is 224 g/mol. The lowest BCUT2D eigenvalue weighted by molar-refractivity contribution is 0.630. The maximum Gasteiger partial charge on any atom is 0.172 e. The predicted octanol–water partition coefficient (Wildman–Crippen LogP) is 2.33. The lowest BCUT2D eigenvalue weighted by Crippen LogP contribution is -2.33. The van der Waals surface area contributed by atoms with E-state index in [2.05, 4.69) is 9.98 Å². The molecule has 1 aromatic rings. The number of hydrogen-bond acceptors (Lipinski definition) is 3. The second-order valence-electron chi connectivity index (χ2n) is 3.37. The van der Waals surface area contributed by atoms with Crippen LogP contribution in [0, 0.1) is 5.82 Å². The van der Waals surface area contributed by atoms with Crippen LogP contribution in [0.3, 0.4) is 0 Å². The Labute approximate surface area is 90.9 Å². The van der Waals surface area contributed by atoms with E-state index < -0.39 is 0 Å². The van der Waals surface area contributed by atoms with Gasteiger partial charge in [-0.3, -0.25) is 4.99 Å². The van der Waals surface area contributed by atoms with Crippen molar-refractivity contribution in [3.8, 4) is 0 Å². The Bertz CT molecular complexity index is 495. The van der Waals surface area contributed by atoms with Crippen molar-refractivity contribution in [1.29, 1.82) is 0 Å². The normalized spacial score (nSPS) is 18.1. The summed E-state index contributed by atoms with van der Waals surface area (Å²) in [4.78, 5) is 10.1. The molecule has 0 saturated heterocycles. The van der Waals surface area contributed by atoms with Gasteiger partial charge in [0.15, 0.2) is 16.8 Å². The van der Waals surface area contributed by atoms with E-state index in [9.17, 15) is 4.39 Å². The number of amidine groups is 1. The van der Waals surface area contributed by atoms with E-state index in [0.29, 0.717) is 18.1 Å². The summed E-state index contributed by atoms with van der Waals surface area (Å²) < 4.78 is 13.5. The van der Waals surface area contributed by atoms with Gasteiger partial charge in [0.2, 0.25) is 0 Å². The molecule has 3 nitrogen and oxygen atoms in total. The minimum absolute atomic E-state index is 0.269. The van der Waals surface area contributed by atoms with Gasteiger partial charge < -0.3 is 4.90 Å². The zero-order valence-corrected chi connectivity index (χ0v) is 8.50. The van der Waals surface area contributed by atoms with Gasteiger partial charge in [-0.05, 0) is 12.1 Å². The summed E-state index contributed by atoms with van der Waals surface area (Å²) in [6.45, 7) is 1.41. The lowest BCUT2D eigenvalue weighted by atomic mass is 10.2. The van der Waals surface area contributed by atoms with Crippen LogP contribution >= 0.6 is 11.6 Å². The van der Waals surface area contributed by atoms with Crippen molar-refractivity contribution in [3.05, 3.63) is 24.0 Å². The molecular formula is C10H7ClFN3. The summed E-state index contributed by atoms with van der Waals surface area (Å²) in [6.07, 6.45) is 0. The van der Waals surface area contributed by atoms with Crippen LogP contribution in [-0.2, 0) is 0 Å². The Morgan fingerprint density at radius 3 is 3.13 bits per heavy atom. The molecule has 1 aromatic carbocycles. The first-order valence-corrected chi connectivity index (χ1v) is 5.00. The number of benzene rings is 1. The zero-order chi connectivity index (χ0) is 10.4. The lowest BCUT2D eigenvalue weighted by Gasteiger charge is -2.25. The highest BCUT2D eigenvalue weighted by Crippen LogP contribution is 2.36. The average Bonchev–Trinajstić information content (AvgIpc) is 2.69. The minimum Gasteiger partial charge on any atom is -0.320 e. The Hall–Kier alpha value is -1.42. The number of nitrogens with zero attached hydrogens (tertiary/aromatic N) is 3. The molecule has 0 aliphatic carbocycles. The van der Waals surface area contributed by atoms with Gasteiger partial charge in [0.1, 0.15) is 5.69 Å². The molecule has 2 heterocycles. The van der Waals surface area contributed by atoms with Gasteiger partial charge in [0, 0.05) is 6.54 Å².